The molecule has 1 amide bonds. The largest absolute Gasteiger partial charge is 0.396 e. The lowest BCUT2D eigenvalue weighted by Crippen LogP contribution is -2.43. The topological polar surface area (TPSA) is 89.2 Å². The van der Waals surface area contributed by atoms with Gasteiger partial charge in [0.05, 0.1) is 24.1 Å². The summed E-state index contributed by atoms with van der Waals surface area (Å²) in [6.07, 6.45) is 4.31. The fourth-order valence-electron chi connectivity index (χ4n) is 2.78. The van der Waals surface area contributed by atoms with Crippen LogP contribution in [0.15, 0.2) is 43.2 Å². The molecule has 0 bridgehead atoms. The quantitative estimate of drug-likeness (QED) is 0.829. The molecule has 1 aromatic heterocycles. The number of halogens is 1. The zero-order valence-electron chi connectivity index (χ0n) is 13.4. The molecule has 1 fully saturated rings. The maximum atomic E-state index is 12.2. The van der Waals surface area contributed by atoms with Gasteiger partial charge in [-0.3, -0.25) is 9.00 Å². The van der Waals surface area contributed by atoms with Gasteiger partial charge in [0.1, 0.15) is 0 Å². The summed E-state index contributed by atoms with van der Waals surface area (Å²) in [5.74, 6) is 1.12. The van der Waals surface area contributed by atoms with Crippen LogP contribution in [0, 0.1) is 0 Å². The Labute approximate surface area is 153 Å². The van der Waals surface area contributed by atoms with Gasteiger partial charge < -0.3 is 10.6 Å². The van der Waals surface area contributed by atoms with Crippen LogP contribution in [0.4, 0.5) is 5.69 Å². The molecule has 6 nitrogen and oxygen atoms in total. The Hall–Kier alpha value is -2.25. The van der Waals surface area contributed by atoms with Crippen molar-refractivity contribution in [3.8, 4) is 11.4 Å². The molecule has 0 aliphatic carbocycles. The monoisotopic (exact) mass is 376 g/mol. The average molecular weight is 377 g/mol. The molecule has 2 atom stereocenters. The third-order valence-electron chi connectivity index (χ3n) is 3.97. The number of aromatic nitrogens is 2. The summed E-state index contributed by atoms with van der Waals surface area (Å²) in [6, 6.07) is 5.06. The van der Waals surface area contributed by atoms with E-state index >= 15 is 0 Å². The molecular weight excluding hydrogens is 360 g/mol. The first-order chi connectivity index (χ1) is 12.0. The van der Waals surface area contributed by atoms with Crippen molar-refractivity contribution in [2.24, 2.45) is 0 Å². The zero-order chi connectivity index (χ0) is 18.0. The highest BCUT2D eigenvalue weighted by Crippen LogP contribution is 2.31. The van der Waals surface area contributed by atoms with Crippen LogP contribution in [-0.2, 0) is 15.6 Å². The van der Waals surface area contributed by atoms with E-state index in [2.05, 4.69) is 16.5 Å². The first kappa shape index (κ1) is 17.6. The summed E-state index contributed by atoms with van der Waals surface area (Å²) in [4.78, 5) is 22.3. The smallest absolute Gasteiger partial charge is 0.246 e. The number of nitrogens with zero attached hydrogens (tertiary/aromatic N) is 3. The molecule has 1 aromatic carbocycles. The van der Waals surface area contributed by atoms with Crippen LogP contribution in [0.5, 0.6) is 0 Å². The van der Waals surface area contributed by atoms with E-state index in [0.29, 0.717) is 40.1 Å². The Morgan fingerprint density at radius 1 is 1.36 bits per heavy atom. The van der Waals surface area contributed by atoms with Gasteiger partial charge in [0.2, 0.25) is 5.91 Å². The van der Waals surface area contributed by atoms with Gasteiger partial charge in [0.15, 0.2) is 5.82 Å². The van der Waals surface area contributed by atoms with Gasteiger partial charge in [-0.2, -0.15) is 0 Å². The second kappa shape index (κ2) is 7.33. The number of carbonyl (C=O) groups excluding carboxylic acids is 1. The average Bonchev–Trinajstić information content (AvgIpc) is 2.61. The number of nitrogens with two attached hydrogens (primary N) is 1. The van der Waals surface area contributed by atoms with E-state index in [1.807, 2.05) is 6.07 Å². The molecule has 0 saturated carbocycles. The fourth-order valence-corrected chi connectivity index (χ4v) is 4.32. The Morgan fingerprint density at radius 3 is 2.76 bits per heavy atom. The lowest BCUT2D eigenvalue weighted by molar-refractivity contribution is -0.127. The van der Waals surface area contributed by atoms with Gasteiger partial charge in [-0.25, -0.2) is 9.97 Å². The van der Waals surface area contributed by atoms with Gasteiger partial charge in [0, 0.05) is 39.4 Å². The van der Waals surface area contributed by atoms with Crippen LogP contribution >= 0.6 is 11.6 Å². The molecule has 2 heterocycles. The number of benzene rings is 1. The maximum Gasteiger partial charge on any atom is 0.246 e. The molecule has 2 unspecified atom stereocenters. The van der Waals surface area contributed by atoms with Gasteiger partial charge in [-0.15, -0.1) is 0 Å². The number of hydrogen-bond donors (Lipinski definition) is 1. The second-order valence-electron chi connectivity index (χ2n) is 5.68. The number of anilines is 1. The Morgan fingerprint density at radius 2 is 2.08 bits per heavy atom. The SMILES string of the molecule is C=CC(=O)N1CCS(=O)CC1c1cc(Cl)cc(-c2ncc(N)cn2)c1. The predicted molar refractivity (Wildman–Crippen MR) is 99.4 cm³/mol. The zero-order valence-corrected chi connectivity index (χ0v) is 15.0. The Bertz CT molecular complexity index is 841. The molecule has 2 aromatic rings. The first-order valence-corrected chi connectivity index (χ1v) is 9.51. The van der Waals surface area contributed by atoms with Gasteiger partial charge in [0.25, 0.3) is 0 Å². The number of hydrogen-bond acceptors (Lipinski definition) is 5. The maximum absolute atomic E-state index is 12.2. The fraction of sp³-hybridized carbons (Fsp3) is 0.235. The van der Waals surface area contributed by atoms with Crippen molar-refractivity contribution in [3.05, 3.63) is 53.8 Å². The van der Waals surface area contributed by atoms with Gasteiger partial charge in [-0.1, -0.05) is 18.2 Å². The van der Waals surface area contributed by atoms with Crippen molar-refractivity contribution in [3.63, 3.8) is 0 Å². The van der Waals surface area contributed by atoms with Crippen molar-refractivity contribution >= 4 is 34.0 Å². The summed E-state index contributed by atoms with van der Waals surface area (Å²) in [5.41, 5.74) is 7.60. The number of nitrogen functional groups attached to an aromatic ring is 1. The molecule has 1 saturated heterocycles. The van der Waals surface area contributed by atoms with E-state index in [1.165, 1.54) is 18.5 Å². The standard InChI is InChI=1S/C17H17ClN4O2S/c1-2-16(23)22-3-4-25(24)10-15(22)11-5-12(7-13(18)6-11)17-20-8-14(19)9-21-17/h2,5-9,15H,1,3-4,10,19H2. The highest BCUT2D eigenvalue weighted by atomic mass is 35.5. The van der Waals surface area contributed by atoms with Crippen LogP contribution in [-0.4, -0.2) is 43.0 Å². The van der Waals surface area contributed by atoms with Crippen molar-refractivity contribution < 1.29 is 9.00 Å². The summed E-state index contributed by atoms with van der Waals surface area (Å²) >= 11 is 6.27. The summed E-state index contributed by atoms with van der Waals surface area (Å²) in [5, 5.41) is 0.496. The summed E-state index contributed by atoms with van der Waals surface area (Å²) in [7, 11) is -0.990. The van der Waals surface area contributed by atoms with Crippen LogP contribution in [0.3, 0.4) is 0 Å². The normalized spacial score (nSPS) is 20.3. The molecule has 25 heavy (non-hydrogen) atoms. The van der Waals surface area contributed by atoms with E-state index < -0.39 is 10.8 Å². The summed E-state index contributed by atoms with van der Waals surface area (Å²) < 4.78 is 12.1. The third kappa shape index (κ3) is 3.88. The lowest BCUT2D eigenvalue weighted by Gasteiger charge is -2.35. The number of rotatable bonds is 3. The minimum absolute atomic E-state index is 0.188. The number of amides is 1. The molecule has 0 spiro atoms. The molecule has 0 radical (unpaired) electrons. The number of carbonyl (C=O) groups is 1. The van der Waals surface area contributed by atoms with Crippen LogP contribution in [0.1, 0.15) is 11.6 Å². The molecule has 130 valence electrons. The van der Waals surface area contributed by atoms with E-state index in [-0.39, 0.29) is 11.9 Å². The highest BCUT2D eigenvalue weighted by molar-refractivity contribution is 7.85. The van der Waals surface area contributed by atoms with Crippen molar-refractivity contribution in [1.29, 1.82) is 0 Å². The third-order valence-corrected chi connectivity index (χ3v) is 5.52. The van der Waals surface area contributed by atoms with Crippen LogP contribution in [0.2, 0.25) is 5.02 Å². The Kier molecular flexibility index (Phi) is 5.15. The van der Waals surface area contributed by atoms with E-state index in [1.54, 1.807) is 17.0 Å². The minimum Gasteiger partial charge on any atom is -0.396 e. The molecular formula is C17H17ClN4O2S. The molecule has 1 aliphatic rings. The molecule has 2 N–H and O–H groups in total. The van der Waals surface area contributed by atoms with Crippen LogP contribution < -0.4 is 5.73 Å². The van der Waals surface area contributed by atoms with E-state index in [0.717, 1.165) is 5.56 Å². The van der Waals surface area contributed by atoms with Crippen molar-refractivity contribution in [1.82, 2.24) is 14.9 Å². The summed E-state index contributed by atoms with van der Waals surface area (Å²) in [6.45, 7) is 3.97. The van der Waals surface area contributed by atoms with E-state index in [9.17, 15) is 9.00 Å². The van der Waals surface area contributed by atoms with Crippen molar-refractivity contribution in [2.45, 2.75) is 6.04 Å². The first-order valence-electron chi connectivity index (χ1n) is 7.64. The molecule has 1 aliphatic heterocycles. The second-order valence-corrected chi connectivity index (χ2v) is 7.73. The minimum atomic E-state index is -0.990. The molecule has 8 heteroatoms. The molecule has 3 rings (SSSR count). The van der Waals surface area contributed by atoms with Crippen molar-refractivity contribution in [2.75, 3.05) is 23.8 Å². The van der Waals surface area contributed by atoms with Gasteiger partial charge >= 0.3 is 0 Å². The van der Waals surface area contributed by atoms with E-state index in [4.69, 9.17) is 17.3 Å². The predicted octanol–water partition coefficient (Wildman–Crippen LogP) is 2.20. The highest BCUT2D eigenvalue weighted by Gasteiger charge is 2.30. The Balaban J connectivity index is 2.02. The lowest BCUT2D eigenvalue weighted by atomic mass is 10.0. The van der Waals surface area contributed by atoms with Gasteiger partial charge in [-0.05, 0) is 29.8 Å². The van der Waals surface area contributed by atoms with Crippen LogP contribution in [0.25, 0.3) is 11.4 Å².